The summed E-state index contributed by atoms with van der Waals surface area (Å²) in [6, 6.07) is 10.1. The van der Waals surface area contributed by atoms with Crippen molar-refractivity contribution in [2.75, 3.05) is 0 Å². The summed E-state index contributed by atoms with van der Waals surface area (Å²) in [5.74, 6) is -0.370. The molecule has 0 saturated carbocycles. The van der Waals surface area contributed by atoms with Crippen molar-refractivity contribution < 1.29 is 9.63 Å². The van der Waals surface area contributed by atoms with E-state index >= 15 is 0 Å². The minimum atomic E-state index is -0.560. The maximum absolute atomic E-state index is 10.9. The zero-order valence-corrected chi connectivity index (χ0v) is 9.26. The number of nitrogens with zero attached hydrogens (tertiary/aromatic N) is 1. The summed E-state index contributed by atoms with van der Waals surface area (Å²) in [6.45, 7) is 1.95. The summed E-state index contributed by atoms with van der Waals surface area (Å²) in [6.07, 6.45) is 2.04. The van der Waals surface area contributed by atoms with Crippen molar-refractivity contribution in [3.05, 3.63) is 40.8 Å². The van der Waals surface area contributed by atoms with Crippen LogP contribution in [-0.4, -0.2) is 5.97 Å². The van der Waals surface area contributed by atoms with Crippen LogP contribution in [0.4, 0.5) is 0 Å². The van der Waals surface area contributed by atoms with Gasteiger partial charge in [-0.15, -0.1) is 4.91 Å². The van der Waals surface area contributed by atoms with Crippen LogP contribution in [0, 0.1) is 10.8 Å². The summed E-state index contributed by atoms with van der Waals surface area (Å²) in [4.78, 5) is 24.6. The molecule has 0 aliphatic rings. The van der Waals surface area contributed by atoms with E-state index in [-0.39, 0.29) is 12.3 Å². The number of rotatable bonds is 6. The molecule has 0 aromatic heterocycles. The van der Waals surface area contributed by atoms with E-state index in [0.29, 0.717) is 0 Å². The van der Waals surface area contributed by atoms with Crippen LogP contribution in [0.5, 0.6) is 0 Å². The number of aryl methyl sites for hydroxylation is 1. The van der Waals surface area contributed by atoms with Crippen LogP contribution in [0.1, 0.15) is 25.3 Å². The predicted molar refractivity (Wildman–Crippen MR) is 60.4 cm³/mol. The molecule has 0 aliphatic carbocycles. The minimum Gasteiger partial charge on any atom is -0.285 e. The number of carbonyl (C=O) groups excluding carboxylic acids is 1. The summed E-state index contributed by atoms with van der Waals surface area (Å²) in [7, 11) is 0. The highest BCUT2D eigenvalue weighted by molar-refractivity contribution is 5.69. The Kier molecular flexibility index (Phi) is 5.19. The van der Waals surface area contributed by atoms with E-state index in [9.17, 15) is 9.70 Å². The van der Waals surface area contributed by atoms with Crippen molar-refractivity contribution >= 4 is 5.97 Å². The molecule has 1 aromatic rings. The zero-order chi connectivity index (χ0) is 11.8. The minimum absolute atomic E-state index is 0.189. The van der Waals surface area contributed by atoms with Gasteiger partial charge in [0.2, 0.25) is 0 Å². The molecule has 4 heteroatoms. The Bertz CT molecular complexity index is 337. The van der Waals surface area contributed by atoms with Gasteiger partial charge in [-0.2, -0.15) is 0 Å². The molecule has 0 aliphatic heterocycles. The van der Waals surface area contributed by atoms with E-state index in [2.05, 4.69) is 22.3 Å². The van der Waals surface area contributed by atoms with Gasteiger partial charge >= 0.3 is 5.97 Å². The molecule has 0 fully saturated rings. The average molecular weight is 221 g/mol. The van der Waals surface area contributed by atoms with Crippen molar-refractivity contribution in [1.29, 1.82) is 0 Å². The molecule has 0 saturated heterocycles. The number of hydrogen-bond donors (Lipinski definition) is 0. The highest BCUT2D eigenvalue weighted by Gasteiger charge is 2.10. The first-order chi connectivity index (χ1) is 7.72. The summed E-state index contributed by atoms with van der Waals surface area (Å²) in [5, 5.41) is 2.11. The molecule has 0 amide bonds. The van der Waals surface area contributed by atoms with Gasteiger partial charge in [-0.3, -0.25) is 4.84 Å². The Morgan fingerprint density at radius 1 is 1.38 bits per heavy atom. The topological polar surface area (TPSA) is 55.7 Å². The second-order valence-electron chi connectivity index (χ2n) is 3.87. The lowest BCUT2D eigenvalue weighted by Gasteiger charge is -2.08. The van der Waals surface area contributed by atoms with Gasteiger partial charge in [0.25, 0.3) is 0 Å². The van der Waals surface area contributed by atoms with Crippen LogP contribution in [0.15, 0.2) is 35.7 Å². The second-order valence-corrected chi connectivity index (χ2v) is 3.87. The summed E-state index contributed by atoms with van der Waals surface area (Å²) in [5.41, 5.74) is 1.25. The standard InChI is InChI=1S/C12H15NO3/c1-10(9-12(14)16-13-15)7-8-11-5-3-2-4-6-11/h2-6,10H,7-9H2,1H3. The lowest BCUT2D eigenvalue weighted by molar-refractivity contribution is -0.144. The maximum atomic E-state index is 10.9. The van der Waals surface area contributed by atoms with Crippen LogP contribution >= 0.6 is 0 Å². The van der Waals surface area contributed by atoms with Crippen LogP contribution < -0.4 is 0 Å². The lowest BCUT2D eigenvalue weighted by Crippen LogP contribution is -2.07. The SMILES string of the molecule is CC(CCc1ccccc1)CC(=O)ON=O. The van der Waals surface area contributed by atoms with Crippen LogP contribution in [0.2, 0.25) is 0 Å². The molecular formula is C12H15NO3. The van der Waals surface area contributed by atoms with Gasteiger partial charge in [0, 0.05) is 0 Å². The van der Waals surface area contributed by atoms with E-state index in [1.807, 2.05) is 25.1 Å². The fraction of sp³-hybridized carbons (Fsp3) is 0.417. The normalized spacial score (nSPS) is 11.8. The van der Waals surface area contributed by atoms with Gasteiger partial charge in [-0.05, 0) is 24.3 Å². The summed E-state index contributed by atoms with van der Waals surface area (Å²) < 4.78 is 0. The third-order valence-electron chi connectivity index (χ3n) is 2.42. The molecule has 1 rings (SSSR count). The Labute approximate surface area is 94.5 Å². The van der Waals surface area contributed by atoms with Gasteiger partial charge in [0.1, 0.15) is 0 Å². The molecule has 1 aromatic carbocycles. The third kappa shape index (κ3) is 4.68. The van der Waals surface area contributed by atoms with E-state index < -0.39 is 5.97 Å². The zero-order valence-electron chi connectivity index (χ0n) is 9.26. The average Bonchev–Trinajstić information content (AvgIpc) is 2.28. The van der Waals surface area contributed by atoms with E-state index in [4.69, 9.17) is 0 Å². The molecule has 16 heavy (non-hydrogen) atoms. The van der Waals surface area contributed by atoms with Crippen LogP contribution in [-0.2, 0) is 16.1 Å². The fourth-order valence-corrected chi connectivity index (χ4v) is 1.52. The molecule has 1 atom stereocenters. The largest absolute Gasteiger partial charge is 0.338 e. The molecule has 86 valence electrons. The maximum Gasteiger partial charge on any atom is 0.338 e. The van der Waals surface area contributed by atoms with Gasteiger partial charge in [-0.25, -0.2) is 4.79 Å². The molecule has 0 bridgehead atoms. The highest BCUT2D eigenvalue weighted by atomic mass is 16.7. The van der Waals surface area contributed by atoms with E-state index in [1.165, 1.54) is 5.56 Å². The van der Waals surface area contributed by atoms with Crippen LogP contribution in [0.3, 0.4) is 0 Å². The molecule has 0 N–H and O–H groups in total. The van der Waals surface area contributed by atoms with Crippen molar-refractivity contribution in [2.24, 2.45) is 11.3 Å². The molecule has 4 nitrogen and oxygen atoms in total. The quantitative estimate of drug-likeness (QED) is 0.548. The molecule has 0 spiro atoms. The van der Waals surface area contributed by atoms with Crippen LogP contribution in [0.25, 0.3) is 0 Å². The summed E-state index contributed by atoms with van der Waals surface area (Å²) >= 11 is 0. The van der Waals surface area contributed by atoms with Crippen molar-refractivity contribution in [3.8, 4) is 0 Å². The lowest BCUT2D eigenvalue weighted by atomic mass is 9.98. The molecule has 0 heterocycles. The van der Waals surface area contributed by atoms with Gasteiger partial charge in [-0.1, -0.05) is 37.3 Å². The molecule has 0 radical (unpaired) electrons. The molecular weight excluding hydrogens is 206 g/mol. The van der Waals surface area contributed by atoms with E-state index in [1.54, 1.807) is 0 Å². The van der Waals surface area contributed by atoms with Gasteiger partial charge < -0.3 is 0 Å². The number of benzene rings is 1. The Hall–Kier alpha value is -1.71. The van der Waals surface area contributed by atoms with E-state index in [0.717, 1.165) is 12.8 Å². The van der Waals surface area contributed by atoms with Crippen molar-refractivity contribution in [2.45, 2.75) is 26.2 Å². The Balaban J connectivity index is 2.27. The number of hydrogen-bond acceptors (Lipinski definition) is 4. The third-order valence-corrected chi connectivity index (χ3v) is 2.42. The van der Waals surface area contributed by atoms with Gasteiger partial charge in [0.15, 0.2) is 5.34 Å². The van der Waals surface area contributed by atoms with Crippen molar-refractivity contribution in [3.63, 3.8) is 0 Å². The Morgan fingerprint density at radius 2 is 2.06 bits per heavy atom. The fourth-order valence-electron chi connectivity index (χ4n) is 1.52. The monoisotopic (exact) mass is 221 g/mol. The molecule has 1 unspecified atom stereocenters. The number of carbonyl (C=O) groups is 1. The predicted octanol–water partition coefficient (Wildman–Crippen LogP) is 2.87. The van der Waals surface area contributed by atoms with Gasteiger partial charge in [0.05, 0.1) is 6.42 Å². The first kappa shape index (κ1) is 12.4. The first-order valence-corrected chi connectivity index (χ1v) is 5.29. The Morgan fingerprint density at radius 3 is 2.69 bits per heavy atom. The van der Waals surface area contributed by atoms with Crippen molar-refractivity contribution in [1.82, 2.24) is 0 Å². The smallest absolute Gasteiger partial charge is 0.285 e. The highest BCUT2D eigenvalue weighted by Crippen LogP contribution is 2.13. The first-order valence-electron chi connectivity index (χ1n) is 5.29. The second kappa shape index (κ2) is 6.71.